The van der Waals surface area contributed by atoms with Crippen LogP contribution in [0.25, 0.3) is 0 Å². The third-order valence-corrected chi connectivity index (χ3v) is 6.14. The van der Waals surface area contributed by atoms with Crippen molar-refractivity contribution < 1.29 is 14.3 Å². The molecule has 5 nitrogen and oxygen atoms in total. The maximum absolute atomic E-state index is 11.7. The van der Waals surface area contributed by atoms with Crippen LogP contribution >= 0.6 is 23.5 Å². The molecule has 0 aromatic heterocycles. The average molecular weight is 354 g/mol. The van der Waals surface area contributed by atoms with E-state index >= 15 is 0 Å². The molecule has 0 atom stereocenters. The normalized spacial score (nSPS) is 14.7. The fourth-order valence-electron chi connectivity index (χ4n) is 2.02. The lowest BCUT2D eigenvalue weighted by atomic mass is 10.2. The third kappa shape index (κ3) is 6.35. The standard InChI is InChI=1S/C16H22N2O3S2/c1-11(2)18-14(19)9-17-15(20)10-21-13-5-3-12(4-6-13)16-22-7-8-23-16/h3-6,11,16H,7-10H2,1-2H3,(H,17,20)(H,18,19). The van der Waals surface area contributed by atoms with Gasteiger partial charge in [0.25, 0.3) is 5.91 Å². The number of benzene rings is 1. The molecule has 2 rings (SSSR count). The Morgan fingerprint density at radius 1 is 1.17 bits per heavy atom. The lowest BCUT2D eigenvalue weighted by molar-refractivity contribution is -0.127. The van der Waals surface area contributed by atoms with Gasteiger partial charge in [-0.2, -0.15) is 0 Å². The van der Waals surface area contributed by atoms with Crippen LogP contribution in [0, 0.1) is 0 Å². The monoisotopic (exact) mass is 354 g/mol. The van der Waals surface area contributed by atoms with Gasteiger partial charge in [-0.15, -0.1) is 23.5 Å². The van der Waals surface area contributed by atoms with E-state index in [1.54, 1.807) is 0 Å². The summed E-state index contributed by atoms with van der Waals surface area (Å²) >= 11 is 3.91. The lowest BCUT2D eigenvalue weighted by Crippen LogP contribution is -2.41. The minimum absolute atomic E-state index is 0.0323. The zero-order valence-electron chi connectivity index (χ0n) is 13.3. The summed E-state index contributed by atoms with van der Waals surface area (Å²) in [6.45, 7) is 3.61. The molecule has 1 aliphatic rings. The Balaban J connectivity index is 1.70. The van der Waals surface area contributed by atoms with Crippen LogP contribution in [0.4, 0.5) is 0 Å². The summed E-state index contributed by atoms with van der Waals surface area (Å²) in [5.74, 6) is 2.53. The molecule has 0 unspecified atom stereocenters. The van der Waals surface area contributed by atoms with Crippen LogP contribution in [-0.4, -0.2) is 42.5 Å². The van der Waals surface area contributed by atoms with Crippen molar-refractivity contribution in [3.05, 3.63) is 29.8 Å². The van der Waals surface area contributed by atoms with E-state index in [1.807, 2.05) is 61.6 Å². The molecule has 1 heterocycles. The predicted octanol–water partition coefficient (Wildman–Crippen LogP) is 2.18. The maximum Gasteiger partial charge on any atom is 0.258 e. The van der Waals surface area contributed by atoms with Crippen LogP contribution in [0.3, 0.4) is 0 Å². The highest BCUT2D eigenvalue weighted by Crippen LogP contribution is 2.45. The van der Waals surface area contributed by atoms with Crippen molar-refractivity contribution in [2.24, 2.45) is 0 Å². The molecule has 0 radical (unpaired) electrons. The second-order valence-corrected chi connectivity index (χ2v) is 8.15. The molecule has 1 fully saturated rings. The van der Waals surface area contributed by atoms with Gasteiger partial charge in [-0.1, -0.05) is 12.1 Å². The Bertz CT molecular complexity index is 529. The first-order valence-electron chi connectivity index (χ1n) is 7.56. The quantitative estimate of drug-likeness (QED) is 0.786. The van der Waals surface area contributed by atoms with E-state index in [-0.39, 0.29) is 31.0 Å². The van der Waals surface area contributed by atoms with E-state index < -0.39 is 0 Å². The van der Waals surface area contributed by atoms with Crippen LogP contribution in [0.2, 0.25) is 0 Å². The number of carbonyl (C=O) groups excluding carboxylic acids is 2. The van der Waals surface area contributed by atoms with Crippen LogP contribution in [0.15, 0.2) is 24.3 Å². The van der Waals surface area contributed by atoms with Gasteiger partial charge in [0.2, 0.25) is 5.91 Å². The van der Waals surface area contributed by atoms with Crippen molar-refractivity contribution in [1.82, 2.24) is 10.6 Å². The number of amides is 2. The molecule has 0 aliphatic carbocycles. The number of ether oxygens (including phenoxy) is 1. The van der Waals surface area contributed by atoms with E-state index in [4.69, 9.17) is 4.74 Å². The van der Waals surface area contributed by atoms with Gasteiger partial charge in [0.15, 0.2) is 6.61 Å². The SMILES string of the molecule is CC(C)NC(=O)CNC(=O)COc1ccc(C2SCCS2)cc1. The van der Waals surface area contributed by atoms with Crippen molar-refractivity contribution in [1.29, 1.82) is 0 Å². The number of rotatable bonds is 7. The highest BCUT2D eigenvalue weighted by atomic mass is 32.2. The first-order chi connectivity index (χ1) is 11.0. The zero-order valence-corrected chi connectivity index (χ0v) is 15.0. The summed E-state index contributed by atoms with van der Waals surface area (Å²) in [5, 5.41) is 5.24. The van der Waals surface area contributed by atoms with Gasteiger partial charge in [-0.25, -0.2) is 0 Å². The number of thioether (sulfide) groups is 2. The largest absolute Gasteiger partial charge is 0.484 e. The van der Waals surface area contributed by atoms with Crippen LogP contribution in [0.5, 0.6) is 5.75 Å². The summed E-state index contributed by atoms with van der Waals surface area (Å²) in [7, 11) is 0. The predicted molar refractivity (Wildman–Crippen MR) is 95.9 cm³/mol. The Morgan fingerprint density at radius 3 is 2.43 bits per heavy atom. The van der Waals surface area contributed by atoms with E-state index in [0.717, 1.165) is 0 Å². The molecule has 2 amide bonds. The number of hydrogen-bond acceptors (Lipinski definition) is 5. The number of nitrogens with one attached hydrogen (secondary N) is 2. The van der Waals surface area contributed by atoms with Gasteiger partial charge < -0.3 is 15.4 Å². The van der Waals surface area contributed by atoms with Gasteiger partial charge in [0.05, 0.1) is 11.1 Å². The first-order valence-corrected chi connectivity index (χ1v) is 9.66. The smallest absolute Gasteiger partial charge is 0.258 e. The summed E-state index contributed by atoms with van der Waals surface area (Å²) < 4.78 is 5.95. The fraction of sp³-hybridized carbons (Fsp3) is 0.500. The highest BCUT2D eigenvalue weighted by Gasteiger charge is 2.18. The minimum Gasteiger partial charge on any atom is -0.484 e. The molecular weight excluding hydrogens is 332 g/mol. The average Bonchev–Trinajstić information content (AvgIpc) is 3.05. The Kier molecular flexibility index (Phi) is 7.11. The number of carbonyl (C=O) groups is 2. The summed E-state index contributed by atoms with van der Waals surface area (Å²) in [5.41, 5.74) is 1.28. The molecule has 7 heteroatoms. The van der Waals surface area contributed by atoms with E-state index in [1.165, 1.54) is 17.1 Å². The molecule has 0 bridgehead atoms. The molecule has 0 spiro atoms. The van der Waals surface area contributed by atoms with Crippen molar-refractivity contribution >= 4 is 35.3 Å². The second-order valence-electron chi connectivity index (χ2n) is 5.43. The van der Waals surface area contributed by atoms with Crippen molar-refractivity contribution in [3.8, 4) is 5.75 Å². The topological polar surface area (TPSA) is 67.4 Å². The van der Waals surface area contributed by atoms with Gasteiger partial charge in [0, 0.05) is 17.5 Å². The van der Waals surface area contributed by atoms with Crippen LogP contribution in [0.1, 0.15) is 24.0 Å². The molecule has 126 valence electrons. The molecule has 1 aliphatic heterocycles. The second kappa shape index (κ2) is 9.08. The Hall–Kier alpha value is -1.34. The van der Waals surface area contributed by atoms with Gasteiger partial charge in [-0.05, 0) is 31.5 Å². The van der Waals surface area contributed by atoms with Crippen molar-refractivity contribution in [3.63, 3.8) is 0 Å². The molecular formula is C16H22N2O3S2. The Labute approximate surface area is 145 Å². The van der Waals surface area contributed by atoms with Crippen molar-refractivity contribution in [2.75, 3.05) is 24.7 Å². The number of hydrogen-bond donors (Lipinski definition) is 2. The molecule has 2 N–H and O–H groups in total. The molecule has 1 aromatic carbocycles. The fourth-order valence-corrected chi connectivity index (χ4v) is 4.88. The Morgan fingerprint density at radius 2 is 1.83 bits per heavy atom. The third-order valence-electron chi connectivity index (χ3n) is 3.04. The van der Waals surface area contributed by atoms with E-state index in [2.05, 4.69) is 10.6 Å². The minimum atomic E-state index is -0.310. The van der Waals surface area contributed by atoms with Gasteiger partial charge >= 0.3 is 0 Å². The van der Waals surface area contributed by atoms with E-state index in [0.29, 0.717) is 10.3 Å². The summed E-state index contributed by atoms with van der Waals surface area (Å²) in [4.78, 5) is 23.1. The van der Waals surface area contributed by atoms with Gasteiger partial charge in [-0.3, -0.25) is 9.59 Å². The molecule has 0 saturated carbocycles. The first kappa shape index (κ1) is 18.0. The molecule has 1 aromatic rings. The van der Waals surface area contributed by atoms with Crippen LogP contribution in [-0.2, 0) is 9.59 Å². The summed E-state index contributed by atoms with van der Waals surface area (Å²) in [6.07, 6.45) is 0. The zero-order chi connectivity index (χ0) is 16.7. The lowest BCUT2D eigenvalue weighted by Gasteiger charge is -2.11. The molecule has 23 heavy (non-hydrogen) atoms. The summed E-state index contributed by atoms with van der Waals surface area (Å²) in [6, 6.07) is 7.91. The van der Waals surface area contributed by atoms with Crippen molar-refractivity contribution in [2.45, 2.75) is 24.5 Å². The highest BCUT2D eigenvalue weighted by molar-refractivity contribution is 8.19. The van der Waals surface area contributed by atoms with E-state index in [9.17, 15) is 9.59 Å². The molecule has 1 saturated heterocycles. The van der Waals surface area contributed by atoms with Gasteiger partial charge in [0.1, 0.15) is 5.75 Å². The maximum atomic E-state index is 11.7. The van der Waals surface area contributed by atoms with Crippen LogP contribution < -0.4 is 15.4 Å².